The first-order valence-corrected chi connectivity index (χ1v) is 11.0. The normalized spacial score (nSPS) is 15.1. The highest BCUT2D eigenvalue weighted by molar-refractivity contribution is 8.26. The molecule has 2 heterocycles. The van der Waals surface area contributed by atoms with Crippen molar-refractivity contribution in [2.45, 2.75) is 6.54 Å². The maximum atomic E-state index is 12.7. The summed E-state index contributed by atoms with van der Waals surface area (Å²) in [6, 6.07) is 15.7. The van der Waals surface area contributed by atoms with Crippen molar-refractivity contribution in [3.63, 3.8) is 0 Å². The molecule has 1 fully saturated rings. The number of ether oxygens (including phenoxy) is 2. The van der Waals surface area contributed by atoms with Crippen LogP contribution in [-0.4, -0.2) is 40.0 Å². The largest absolute Gasteiger partial charge is 0.497 e. The van der Waals surface area contributed by atoms with E-state index in [0.29, 0.717) is 28.9 Å². The van der Waals surface area contributed by atoms with Crippen molar-refractivity contribution in [3.8, 4) is 11.5 Å². The number of hydrogen-bond donors (Lipinski definition) is 0. The van der Waals surface area contributed by atoms with Crippen molar-refractivity contribution < 1.29 is 14.3 Å². The number of thioether (sulfide) groups is 1. The maximum Gasteiger partial charge on any atom is 0.266 e. The van der Waals surface area contributed by atoms with Gasteiger partial charge in [0, 0.05) is 29.2 Å². The fraction of sp³-hybridized carbons (Fsp3) is 0.167. The Morgan fingerprint density at radius 1 is 1.13 bits per heavy atom. The van der Waals surface area contributed by atoms with Crippen LogP contribution in [0, 0.1) is 0 Å². The van der Waals surface area contributed by atoms with Crippen LogP contribution in [0.3, 0.4) is 0 Å². The van der Waals surface area contributed by atoms with Gasteiger partial charge in [0.2, 0.25) is 0 Å². The summed E-state index contributed by atoms with van der Waals surface area (Å²) >= 11 is 6.68. The molecule has 1 amide bonds. The van der Waals surface area contributed by atoms with Crippen LogP contribution in [0.25, 0.3) is 17.0 Å². The second-order valence-electron chi connectivity index (χ2n) is 6.90. The molecule has 0 unspecified atom stereocenters. The van der Waals surface area contributed by atoms with Crippen LogP contribution in [-0.2, 0) is 11.3 Å². The SMILES string of the molecule is C=CCN1C(=O)/C(=C\c2cn(CCOc3ccc(OC)cc3)c3ccccc23)SC1=S. The fourth-order valence-corrected chi connectivity index (χ4v) is 4.70. The Morgan fingerprint density at radius 3 is 2.61 bits per heavy atom. The number of aromatic nitrogens is 1. The van der Waals surface area contributed by atoms with E-state index in [1.807, 2.05) is 42.5 Å². The predicted molar refractivity (Wildman–Crippen MR) is 131 cm³/mol. The van der Waals surface area contributed by atoms with E-state index >= 15 is 0 Å². The molecule has 1 aromatic heterocycles. The van der Waals surface area contributed by atoms with Gasteiger partial charge in [0.15, 0.2) is 0 Å². The van der Waals surface area contributed by atoms with Crippen molar-refractivity contribution >= 4 is 51.2 Å². The Balaban J connectivity index is 1.54. The number of rotatable bonds is 8. The molecule has 5 nitrogen and oxygen atoms in total. The van der Waals surface area contributed by atoms with Gasteiger partial charge < -0.3 is 14.0 Å². The van der Waals surface area contributed by atoms with Gasteiger partial charge in [-0.2, -0.15) is 0 Å². The van der Waals surface area contributed by atoms with Gasteiger partial charge in [0.05, 0.1) is 18.6 Å². The van der Waals surface area contributed by atoms with Crippen molar-refractivity contribution in [2.24, 2.45) is 0 Å². The molecule has 7 heteroatoms. The van der Waals surface area contributed by atoms with E-state index in [1.165, 1.54) is 11.8 Å². The number of carbonyl (C=O) groups excluding carboxylic acids is 1. The smallest absolute Gasteiger partial charge is 0.266 e. The van der Waals surface area contributed by atoms with Gasteiger partial charge in [0.25, 0.3) is 5.91 Å². The Morgan fingerprint density at radius 2 is 1.87 bits per heavy atom. The molecule has 0 radical (unpaired) electrons. The van der Waals surface area contributed by atoms with Gasteiger partial charge in [0.1, 0.15) is 22.4 Å². The van der Waals surface area contributed by atoms with Crippen LogP contribution >= 0.6 is 24.0 Å². The van der Waals surface area contributed by atoms with Gasteiger partial charge in [-0.1, -0.05) is 48.3 Å². The molecular formula is C24H22N2O3S2. The summed E-state index contributed by atoms with van der Waals surface area (Å²) in [5, 5.41) is 1.08. The van der Waals surface area contributed by atoms with Crippen molar-refractivity contribution in [3.05, 3.63) is 77.9 Å². The van der Waals surface area contributed by atoms with Gasteiger partial charge in [-0.05, 0) is 36.4 Å². The fourth-order valence-electron chi connectivity index (χ4n) is 3.44. The van der Waals surface area contributed by atoms with Gasteiger partial charge in [-0.3, -0.25) is 9.69 Å². The van der Waals surface area contributed by atoms with Gasteiger partial charge >= 0.3 is 0 Å². The molecule has 0 atom stereocenters. The quantitative estimate of drug-likeness (QED) is 0.271. The standard InChI is InChI=1S/C24H22N2O3S2/c1-3-12-26-23(27)22(31-24(26)30)15-17-16-25(21-7-5-4-6-20(17)21)13-14-29-19-10-8-18(28-2)9-11-19/h3-11,15-16H,1,12-14H2,2H3/b22-15+. The third kappa shape index (κ3) is 4.52. The number of methoxy groups -OCH3 is 1. The first-order chi connectivity index (χ1) is 15.1. The lowest BCUT2D eigenvalue weighted by molar-refractivity contribution is -0.121. The van der Waals surface area contributed by atoms with Crippen LogP contribution in [0.4, 0.5) is 0 Å². The van der Waals surface area contributed by atoms with Crippen LogP contribution in [0.5, 0.6) is 11.5 Å². The molecule has 3 aromatic rings. The summed E-state index contributed by atoms with van der Waals surface area (Å²) < 4.78 is 13.8. The zero-order valence-electron chi connectivity index (χ0n) is 17.1. The molecule has 0 aliphatic carbocycles. The summed E-state index contributed by atoms with van der Waals surface area (Å²) in [6.07, 6.45) is 5.66. The average molecular weight is 451 g/mol. The lowest BCUT2D eigenvalue weighted by atomic mass is 10.1. The highest BCUT2D eigenvalue weighted by Crippen LogP contribution is 2.34. The summed E-state index contributed by atoms with van der Waals surface area (Å²) in [7, 11) is 1.64. The van der Waals surface area contributed by atoms with Crippen LogP contribution in [0.1, 0.15) is 5.56 Å². The molecule has 1 aliphatic heterocycles. The van der Waals surface area contributed by atoms with Crippen molar-refractivity contribution in [1.82, 2.24) is 9.47 Å². The van der Waals surface area contributed by atoms with E-state index in [2.05, 4.69) is 29.5 Å². The highest BCUT2D eigenvalue weighted by atomic mass is 32.2. The zero-order chi connectivity index (χ0) is 21.8. The molecule has 2 aromatic carbocycles. The topological polar surface area (TPSA) is 43.7 Å². The Hall–Kier alpha value is -3.03. The van der Waals surface area contributed by atoms with Crippen LogP contribution in [0.2, 0.25) is 0 Å². The van der Waals surface area contributed by atoms with Gasteiger partial charge in [-0.15, -0.1) is 6.58 Å². The summed E-state index contributed by atoms with van der Waals surface area (Å²) in [5.74, 6) is 1.52. The third-order valence-corrected chi connectivity index (χ3v) is 6.33. The third-order valence-electron chi connectivity index (χ3n) is 4.95. The monoisotopic (exact) mass is 450 g/mol. The molecule has 1 aliphatic rings. The van der Waals surface area contributed by atoms with E-state index in [1.54, 1.807) is 18.1 Å². The highest BCUT2D eigenvalue weighted by Gasteiger charge is 2.31. The molecule has 0 bridgehead atoms. The Kier molecular flexibility index (Phi) is 6.44. The lowest BCUT2D eigenvalue weighted by Gasteiger charge is -2.10. The number of carbonyl (C=O) groups is 1. The average Bonchev–Trinajstić information content (AvgIpc) is 3.27. The first kappa shape index (κ1) is 21.2. The van der Waals surface area contributed by atoms with Crippen LogP contribution < -0.4 is 9.47 Å². The summed E-state index contributed by atoms with van der Waals surface area (Å²) in [5.41, 5.74) is 2.08. The van der Waals surface area contributed by atoms with E-state index in [0.717, 1.165) is 28.0 Å². The second kappa shape index (κ2) is 9.41. The minimum atomic E-state index is -0.0745. The van der Waals surface area contributed by atoms with Crippen molar-refractivity contribution in [1.29, 1.82) is 0 Å². The second-order valence-corrected chi connectivity index (χ2v) is 8.58. The molecule has 0 N–H and O–H groups in total. The van der Waals surface area contributed by atoms with Crippen LogP contribution in [0.15, 0.2) is 72.3 Å². The van der Waals surface area contributed by atoms with E-state index in [4.69, 9.17) is 21.7 Å². The molecule has 4 rings (SSSR count). The number of hydrogen-bond acceptors (Lipinski definition) is 5. The number of nitrogens with zero attached hydrogens (tertiary/aromatic N) is 2. The zero-order valence-corrected chi connectivity index (χ0v) is 18.7. The van der Waals surface area contributed by atoms with E-state index < -0.39 is 0 Å². The first-order valence-electron chi connectivity index (χ1n) is 9.81. The maximum absolute atomic E-state index is 12.7. The molecule has 1 saturated heterocycles. The number of amides is 1. The summed E-state index contributed by atoms with van der Waals surface area (Å²) in [6.45, 7) is 5.32. The van der Waals surface area contributed by atoms with Crippen molar-refractivity contribution in [2.75, 3.05) is 20.3 Å². The summed E-state index contributed by atoms with van der Waals surface area (Å²) in [4.78, 5) is 14.9. The van der Waals surface area contributed by atoms with Gasteiger partial charge in [-0.25, -0.2) is 0 Å². The minimum Gasteiger partial charge on any atom is -0.497 e. The Labute approximate surface area is 190 Å². The molecule has 158 valence electrons. The van der Waals surface area contributed by atoms with E-state index in [-0.39, 0.29) is 5.91 Å². The lowest BCUT2D eigenvalue weighted by Crippen LogP contribution is -2.27. The van der Waals surface area contributed by atoms with E-state index in [9.17, 15) is 4.79 Å². The minimum absolute atomic E-state index is 0.0745. The Bertz CT molecular complexity index is 1170. The molecular weight excluding hydrogens is 428 g/mol. The number of benzene rings is 2. The number of fused-ring (bicyclic) bond motifs is 1. The molecule has 31 heavy (non-hydrogen) atoms. The molecule has 0 saturated carbocycles. The molecule has 0 spiro atoms. The predicted octanol–water partition coefficient (Wildman–Crippen LogP) is 5.12. The number of thiocarbonyl (C=S) groups is 1. The number of para-hydroxylation sites is 1.